The highest BCUT2D eigenvalue weighted by atomic mass is 16.6. The Kier molecular flexibility index (Phi) is 4.92. The van der Waals surface area contributed by atoms with Crippen LogP contribution in [0.4, 0.5) is 21.9 Å². The summed E-state index contributed by atoms with van der Waals surface area (Å²) >= 11 is 0. The lowest BCUT2D eigenvalue weighted by atomic mass is 10.2. The number of nitrogens with one attached hydrogen (secondary N) is 1. The second-order valence-corrected chi connectivity index (χ2v) is 6.28. The average molecular weight is 360 g/mol. The molecule has 0 aromatic heterocycles. The number of carbonyl (C=O) groups is 1. The van der Waals surface area contributed by atoms with E-state index in [1.165, 1.54) is 0 Å². The van der Waals surface area contributed by atoms with Gasteiger partial charge < -0.3 is 14.8 Å². The van der Waals surface area contributed by atoms with Crippen LogP contribution in [-0.4, -0.2) is 25.3 Å². The first-order chi connectivity index (χ1) is 13.3. The number of rotatable bonds is 6. The molecule has 1 fully saturated rings. The van der Waals surface area contributed by atoms with Crippen molar-refractivity contribution in [3.05, 3.63) is 84.9 Å². The number of carbonyl (C=O) groups excluding carboxylic acids is 1. The molecule has 5 heteroatoms. The minimum absolute atomic E-state index is 0.292. The molecule has 1 N–H and O–H groups in total. The monoisotopic (exact) mass is 360 g/mol. The Morgan fingerprint density at radius 1 is 0.889 bits per heavy atom. The van der Waals surface area contributed by atoms with E-state index in [0.29, 0.717) is 13.2 Å². The number of amides is 1. The van der Waals surface area contributed by atoms with Crippen molar-refractivity contribution in [2.45, 2.75) is 6.10 Å². The van der Waals surface area contributed by atoms with Crippen LogP contribution in [0.5, 0.6) is 5.75 Å². The van der Waals surface area contributed by atoms with Gasteiger partial charge in [0.2, 0.25) is 0 Å². The maximum Gasteiger partial charge on any atom is 0.414 e. The highest BCUT2D eigenvalue weighted by molar-refractivity contribution is 5.89. The number of cyclic esters (lactones) is 1. The summed E-state index contributed by atoms with van der Waals surface area (Å²) in [6, 6.07) is 27.2. The molecule has 1 aliphatic rings. The first kappa shape index (κ1) is 17.0. The Balaban J connectivity index is 1.31. The zero-order valence-corrected chi connectivity index (χ0v) is 14.7. The third-order valence-electron chi connectivity index (χ3n) is 4.29. The lowest BCUT2D eigenvalue weighted by molar-refractivity contribution is 0.105. The number of hydrogen-bond acceptors (Lipinski definition) is 4. The second-order valence-electron chi connectivity index (χ2n) is 6.28. The molecular weight excluding hydrogens is 340 g/mol. The Hall–Kier alpha value is -3.47. The van der Waals surface area contributed by atoms with Gasteiger partial charge in [-0.1, -0.05) is 36.4 Å². The molecule has 1 atom stereocenters. The van der Waals surface area contributed by atoms with Gasteiger partial charge in [0.1, 0.15) is 12.4 Å². The average Bonchev–Trinajstić information content (AvgIpc) is 3.09. The molecule has 3 aromatic carbocycles. The fourth-order valence-corrected chi connectivity index (χ4v) is 2.94. The largest absolute Gasteiger partial charge is 0.490 e. The van der Waals surface area contributed by atoms with Crippen LogP contribution in [0.15, 0.2) is 84.9 Å². The SMILES string of the molecule is O=C1OC(COc2ccc(Nc3ccccc3)cc2)CN1c1ccccc1. The van der Waals surface area contributed by atoms with E-state index < -0.39 is 0 Å². The molecule has 27 heavy (non-hydrogen) atoms. The maximum absolute atomic E-state index is 12.1. The van der Waals surface area contributed by atoms with Crippen LogP contribution in [-0.2, 0) is 4.74 Å². The van der Waals surface area contributed by atoms with Crippen molar-refractivity contribution in [1.29, 1.82) is 0 Å². The molecule has 0 aliphatic carbocycles. The molecule has 0 spiro atoms. The van der Waals surface area contributed by atoms with Gasteiger partial charge in [0.05, 0.1) is 6.54 Å². The Morgan fingerprint density at radius 2 is 1.52 bits per heavy atom. The van der Waals surface area contributed by atoms with Gasteiger partial charge >= 0.3 is 6.09 Å². The van der Waals surface area contributed by atoms with Gasteiger partial charge in [-0.25, -0.2) is 4.79 Å². The van der Waals surface area contributed by atoms with E-state index in [9.17, 15) is 4.79 Å². The molecule has 1 saturated heterocycles. The van der Waals surface area contributed by atoms with Gasteiger partial charge in [0.25, 0.3) is 0 Å². The number of anilines is 3. The summed E-state index contributed by atoms with van der Waals surface area (Å²) in [5.74, 6) is 0.739. The minimum Gasteiger partial charge on any atom is -0.490 e. The third kappa shape index (κ3) is 4.20. The lowest BCUT2D eigenvalue weighted by Crippen LogP contribution is -2.26. The first-order valence-corrected chi connectivity index (χ1v) is 8.86. The van der Waals surface area contributed by atoms with Gasteiger partial charge in [-0.05, 0) is 48.5 Å². The van der Waals surface area contributed by atoms with Crippen LogP contribution < -0.4 is 15.0 Å². The zero-order chi connectivity index (χ0) is 18.5. The molecule has 5 nitrogen and oxygen atoms in total. The van der Waals surface area contributed by atoms with E-state index in [1.807, 2.05) is 84.9 Å². The minimum atomic E-state index is -0.336. The Bertz CT molecular complexity index is 882. The smallest absolute Gasteiger partial charge is 0.414 e. The molecule has 4 rings (SSSR count). The van der Waals surface area contributed by atoms with E-state index >= 15 is 0 Å². The first-order valence-electron chi connectivity index (χ1n) is 8.86. The van der Waals surface area contributed by atoms with Crippen molar-refractivity contribution in [1.82, 2.24) is 0 Å². The van der Waals surface area contributed by atoms with Crippen LogP contribution in [0.1, 0.15) is 0 Å². The van der Waals surface area contributed by atoms with Crippen molar-refractivity contribution in [3.8, 4) is 5.75 Å². The van der Waals surface area contributed by atoms with Gasteiger partial charge in [0, 0.05) is 17.1 Å². The van der Waals surface area contributed by atoms with Gasteiger partial charge in [-0.15, -0.1) is 0 Å². The summed E-state index contributed by atoms with van der Waals surface area (Å²) < 4.78 is 11.2. The van der Waals surface area contributed by atoms with E-state index in [2.05, 4.69) is 5.32 Å². The predicted octanol–water partition coefficient (Wildman–Crippen LogP) is 4.83. The molecule has 136 valence electrons. The van der Waals surface area contributed by atoms with E-state index in [1.54, 1.807) is 4.90 Å². The van der Waals surface area contributed by atoms with Gasteiger partial charge in [-0.3, -0.25) is 4.90 Å². The number of ether oxygens (including phenoxy) is 2. The van der Waals surface area contributed by atoms with Gasteiger partial charge in [0.15, 0.2) is 6.10 Å². The molecule has 1 heterocycles. The van der Waals surface area contributed by atoms with E-state index in [-0.39, 0.29) is 12.2 Å². The van der Waals surface area contributed by atoms with Crippen LogP contribution in [0.25, 0.3) is 0 Å². The summed E-state index contributed by atoms with van der Waals surface area (Å²) in [5, 5.41) is 3.33. The Labute approximate surface area is 158 Å². The van der Waals surface area contributed by atoms with Crippen LogP contribution in [0.2, 0.25) is 0 Å². The summed E-state index contributed by atoms with van der Waals surface area (Å²) in [6.45, 7) is 0.803. The van der Waals surface area contributed by atoms with Crippen molar-refractivity contribution in [3.63, 3.8) is 0 Å². The molecule has 3 aromatic rings. The molecule has 1 unspecified atom stereocenters. The van der Waals surface area contributed by atoms with E-state index in [4.69, 9.17) is 9.47 Å². The molecule has 0 saturated carbocycles. The lowest BCUT2D eigenvalue weighted by Gasteiger charge is -2.13. The molecular formula is C22H20N2O3. The van der Waals surface area contributed by atoms with Crippen LogP contribution >= 0.6 is 0 Å². The molecule has 1 aliphatic heterocycles. The second kappa shape index (κ2) is 7.83. The molecule has 0 bridgehead atoms. The van der Waals surface area contributed by atoms with Crippen molar-refractivity contribution in [2.24, 2.45) is 0 Å². The summed E-state index contributed by atoms with van der Waals surface area (Å²) in [5.41, 5.74) is 2.85. The van der Waals surface area contributed by atoms with Gasteiger partial charge in [-0.2, -0.15) is 0 Å². The summed E-state index contributed by atoms with van der Waals surface area (Å²) in [6.07, 6.45) is -0.628. The maximum atomic E-state index is 12.1. The Morgan fingerprint density at radius 3 is 2.22 bits per heavy atom. The highest BCUT2D eigenvalue weighted by Gasteiger charge is 2.32. The van der Waals surface area contributed by atoms with Crippen molar-refractivity contribution >= 4 is 23.2 Å². The van der Waals surface area contributed by atoms with Crippen molar-refractivity contribution < 1.29 is 14.3 Å². The summed E-state index contributed by atoms with van der Waals surface area (Å²) in [7, 11) is 0. The van der Waals surface area contributed by atoms with Crippen LogP contribution in [0.3, 0.4) is 0 Å². The quantitative estimate of drug-likeness (QED) is 0.684. The van der Waals surface area contributed by atoms with E-state index in [0.717, 1.165) is 22.8 Å². The number of para-hydroxylation sites is 2. The third-order valence-corrected chi connectivity index (χ3v) is 4.29. The summed E-state index contributed by atoms with van der Waals surface area (Å²) in [4.78, 5) is 13.7. The standard InChI is InChI=1S/C22H20N2O3/c25-22-24(19-9-5-2-6-10-19)15-21(27-22)16-26-20-13-11-18(12-14-20)23-17-7-3-1-4-8-17/h1-14,21,23H,15-16H2. The molecule has 0 radical (unpaired) electrons. The highest BCUT2D eigenvalue weighted by Crippen LogP contribution is 2.23. The number of nitrogens with zero attached hydrogens (tertiary/aromatic N) is 1. The predicted molar refractivity (Wildman–Crippen MR) is 106 cm³/mol. The normalized spacial score (nSPS) is 16.1. The topological polar surface area (TPSA) is 50.8 Å². The number of hydrogen-bond donors (Lipinski definition) is 1. The number of benzene rings is 3. The molecule has 1 amide bonds. The fourth-order valence-electron chi connectivity index (χ4n) is 2.94. The zero-order valence-electron chi connectivity index (χ0n) is 14.7. The fraction of sp³-hybridized carbons (Fsp3) is 0.136. The van der Waals surface area contributed by atoms with Crippen molar-refractivity contribution in [2.75, 3.05) is 23.4 Å². The van der Waals surface area contributed by atoms with Crippen LogP contribution in [0, 0.1) is 0 Å².